The van der Waals surface area contributed by atoms with Crippen LogP contribution in [0.5, 0.6) is 5.75 Å². The molecule has 0 aliphatic carbocycles. The maximum absolute atomic E-state index is 14.2. The topological polar surface area (TPSA) is 167 Å². The highest BCUT2D eigenvalue weighted by atomic mass is 19.4. The summed E-state index contributed by atoms with van der Waals surface area (Å²) in [5.41, 5.74) is 8.31. The highest BCUT2D eigenvalue weighted by Gasteiger charge is 2.34. The minimum absolute atomic E-state index is 0.127. The molecular weight excluding hydrogens is 547 g/mol. The number of carbonyl (C=O) groups is 3. The van der Waals surface area contributed by atoms with Crippen molar-refractivity contribution in [2.75, 3.05) is 16.4 Å². The van der Waals surface area contributed by atoms with Gasteiger partial charge in [0.05, 0.1) is 24.0 Å². The second kappa shape index (κ2) is 10.8. The van der Waals surface area contributed by atoms with Crippen molar-refractivity contribution in [3.05, 3.63) is 59.3 Å². The number of amides is 3. The van der Waals surface area contributed by atoms with Crippen molar-refractivity contribution in [2.45, 2.75) is 25.5 Å². The summed E-state index contributed by atoms with van der Waals surface area (Å²) in [5.74, 6) is -6.06. The number of benzene rings is 1. The first-order valence-corrected chi connectivity index (χ1v) is 10.4. The summed E-state index contributed by atoms with van der Waals surface area (Å²) in [6.07, 6.45) is -9.17. The number of anilines is 3. The van der Waals surface area contributed by atoms with E-state index < -0.39 is 71.3 Å². The van der Waals surface area contributed by atoms with Gasteiger partial charge in [0, 0.05) is 0 Å². The first-order valence-electron chi connectivity index (χ1n) is 10.4. The van der Waals surface area contributed by atoms with Crippen LogP contribution in [0.1, 0.15) is 26.4 Å². The third-order valence-electron chi connectivity index (χ3n) is 4.67. The van der Waals surface area contributed by atoms with Gasteiger partial charge in [-0.05, 0) is 23.8 Å². The Hall–Kier alpha value is -4.90. The largest absolute Gasteiger partial charge is 0.573 e. The molecule has 0 radical (unpaired) electrons. The molecule has 0 unspecified atom stereocenters. The SMILES string of the molecule is NC(=O)c1c(C(=O)Nc2cc(NC(=O)Cc3ccc(OC(F)(F)F)cc3)cnc2F)nn(CC(F)(F)F)c1N. The lowest BCUT2D eigenvalue weighted by atomic mass is 10.1. The Morgan fingerprint density at radius 2 is 1.67 bits per heavy atom. The number of nitrogens with one attached hydrogen (secondary N) is 2. The van der Waals surface area contributed by atoms with E-state index in [1.807, 2.05) is 5.32 Å². The van der Waals surface area contributed by atoms with E-state index in [1.165, 1.54) is 12.1 Å². The average Bonchev–Trinajstić information content (AvgIpc) is 3.11. The van der Waals surface area contributed by atoms with Gasteiger partial charge in [-0.15, -0.1) is 13.2 Å². The van der Waals surface area contributed by atoms with Crippen molar-refractivity contribution in [1.82, 2.24) is 14.8 Å². The minimum atomic E-state index is -4.89. The number of rotatable bonds is 8. The van der Waals surface area contributed by atoms with Crippen LogP contribution in [-0.4, -0.2) is 45.0 Å². The fourth-order valence-corrected chi connectivity index (χ4v) is 3.15. The Labute approximate surface area is 212 Å². The van der Waals surface area contributed by atoms with Gasteiger partial charge in [-0.1, -0.05) is 12.1 Å². The number of pyridine rings is 1. The summed E-state index contributed by atoms with van der Waals surface area (Å²) in [5, 5.41) is 7.64. The fourth-order valence-electron chi connectivity index (χ4n) is 3.15. The molecule has 0 saturated heterocycles. The molecule has 0 fully saturated rings. The molecule has 3 rings (SSSR count). The second-order valence-corrected chi connectivity index (χ2v) is 7.68. The Bertz CT molecular complexity index is 1400. The van der Waals surface area contributed by atoms with Gasteiger partial charge in [-0.3, -0.25) is 14.4 Å². The Kier molecular flexibility index (Phi) is 7.97. The van der Waals surface area contributed by atoms with Crippen LogP contribution in [-0.2, 0) is 17.8 Å². The Morgan fingerprint density at radius 3 is 2.23 bits per heavy atom. The number of nitrogens with two attached hydrogens (primary N) is 2. The number of nitrogen functional groups attached to an aromatic ring is 1. The monoisotopic (exact) mass is 563 g/mol. The van der Waals surface area contributed by atoms with Crippen LogP contribution in [0.4, 0.5) is 47.9 Å². The van der Waals surface area contributed by atoms with Crippen LogP contribution in [0.15, 0.2) is 36.5 Å². The number of alkyl halides is 6. The molecule has 0 atom stereocenters. The van der Waals surface area contributed by atoms with E-state index in [1.54, 1.807) is 0 Å². The molecule has 3 aromatic rings. The van der Waals surface area contributed by atoms with E-state index in [-0.39, 0.29) is 22.4 Å². The zero-order chi connectivity index (χ0) is 29.1. The Balaban J connectivity index is 1.74. The average molecular weight is 563 g/mol. The van der Waals surface area contributed by atoms with Gasteiger partial charge in [0.1, 0.15) is 23.7 Å². The lowest BCUT2D eigenvalue weighted by Gasteiger charge is -2.10. The predicted octanol–water partition coefficient (Wildman–Crippen LogP) is 2.99. The van der Waals surface area contributed by atoms with Gasteiger partial charge >= 0.3 is 12.5 Å². The highest BCUT2D eigenvalue weighted by Crippen LogP contribution is 2.25. The summed E-state index contributed by atoms with van der Waals surface area (Å²) in [7, 11) is 0. The number of hydrogen-bond acceptors (Lipinski definition) is 7. The molecule has 0 saturated carbocycles. The molecule has 208 valence electrons. The molecule has 1 aromatic carbocycles. The second-order valence-electron chi connectivity index (χ2n) is 7.68. The standard InChI is InChI=1S/C21H16F7N7O4/c22-16-12(33-19(38)15-14(18(30)37)17(29)35(34-15)8-20(23,24)25)6-10(7-31-16)32-13(36)5-9-1-3-11(4-2-9)39-21(26,27)28/h1-4,6-7H,5,8,29H2,(H2,30,37)(H,32,36)(H,33,38). The van der Waals surface area contributed by atoms with E-state index in [9.17, 15) is 45.1 Å². The number of halogens is 7. The van der Waals surface area contributed by atoms with Gasteiger partial charge in [-0.2, -0.15) is 22.7 Å². The molecule has 0 bridgehead atoms. The lowest BCUT2D eigenvalue weighted by Crippen LogP contribution is -2.21. The van der Waals surface area contributed by atoms with Gasteiger partial charge in [0.25, 0.3) is 11.8 Å². The molecule has 6 N–H and O–H groups in total. The molecule has 2 heterocycles. The van der Waals surface area contributed by atoms with Gasteiger partial charge in [-0.25, -0.2) is 9.67 Å². The number of nitrogens with zero attached hydrogens (tertiary/aromatic N) is 3. The van der Waals surface area contributed by atoms with Crippen molar-refractivity contribution in [1.29, 1.82) is 0 Å². The van der Waals surface area contributed by atoms with Crippen LogP contribution in [0, 0.1) is 5.95 Å². The van der Waals surface area contributed by atoms with Gasteiger partial charge < -0.3 is 26.8 Å². The van der Waals surface area contributed by atoms with Crippen LogP contribution >= 0.6 is 0 Å². The zero-order valence-electron chi connectivity index (χ0n) is 19.2. The van der Waals surface area contributed by atoms with Crippen LogP contribution < -0.4 is 26.8 Å². The van der Waals surface area contributed by atoms with Crippen molar-refractivity contribution >= 4 is 34.9 Å². The number of ether oxygens (including phenoxy) is 1. The zero-order valence-corrected chi connectivity index (χ0v) is 19.2. The van der Waals surface area contributed by atoms with Gasteiger partial charge in [0.2, 0.25) is 11.9 Å². The van der Waals surface area contributed by atoms with Crippen LogP contribution in [0.3, 0.4) is 0 Å². The van der Waals surface area contributed by atoms with Crippen molar-refractivity contribution in [3.8, 4) is 5.75 Å². The number of primary amides is 1. The molecule has 2 aromatic heterocycles. The number of carbonyl (C=O) groups excluding carboxylic acids is 3. The van der Waals surface area contributed by atoms with Crippen LogP contribution in [0.25, 0.3) is 0 Å². The first kappa shape index (κ1) is 28.7. The Morgan fingerprint density at radius 1 is 1.03 bits per heavy atom. The van der Waals surface area contributed by atoms with E-state index >= 15 is 0 Å². The van der Waals surface area contributed by atoms with Crippen molar-refractivity contribution in [3.63, 3.8) is 0 Å². The highest BCUT2D eigenvalue weighted by molar-refractivity contribution is 6.12. The molecule has 11 nitrogen and oxygen atoms in total. The smallest absolute Gasteiger partial charge is 0.406 e. The maximum Gasteiger partial charge on any atom is 0.573 e. The molecule has 18 heteroatoms. The molecule has 0 aliphatic rings. The van der Waals surface area contributed by atoms with Crippen molar-refractivity contribution in [2.24, 2.45) is 5.73 Å². The lowest BCUT2D eigenvalue weighted by molar-refractivity contribution is -0.274. The quantitative estimate of drug-likeness (QED) is 0.241. The molecule has 39 heavy (non-hydrogen) atoms. The summed E-state index contributed by atoms with van der Waals surface area (Å²) >= 11 is 0. The van der Waals surface area contributed by atoms with E-state index in [0.29, 0.717) is 0 Å². The molecular formula is C21H16F7N7O4. The summed E-state index contributed by atoms with van der Waals surface area (Å²) in [6, 6.07) is 5.29. The van der Waals surface area contributed by atoms with E-state index in [2.05, 4.69) is 20.1 Å². The van der Waals surface area contributed by atoms with E-state index in [4.69, 9.17) is 11.5 Å². The van der Waals surface area contributed by atoms with Crippen LogP contribution in [0.2, 0.25) is 0 Å². The van der Waals surface area contributed by atoms with Gasteiger partial charge in [0.15, 0.2) is 5.69 Å². The fraction of sp³-hybridized carbons (Fsp3) is 0.190. The van der Waals surface area contributed by atoms with E-state index in [0.717, 1.165) is 24.4 Å². The molecule has 0 aliphatic heterocycles. The first-order chi connectivity index (χ1) is 18.0. The molecule has 3 amide bonds. The summed E-state index contributed by atoms with van der Waals surface area (Å²) in [6.45, 7) is -1.75. The maximum atomic E-state index is 14.2. The minimum Gasteiger partial charge on any atom is -0.406 e. The third-order valence-corrected chi connectivity index (χ3v) is 4.67. The van der Waals surface area contributed by atoms with Crippen molar-refractivity contribution < 1.29 is 49.9 Å². The predicted molar refractivity (Wildman–Crippen MR) is 119 cm³/mol. The number of hydrogen-bond donors (Lipinski definition) is 4. The normalized spacial score (nSPS) is 11.7. The molecule has 0 spiro atoms. The third kappa shape index (κ3) is 7.79. The number of aromatic nitrogens is 3. The summed E-state index contributed by atoms with van der Waals surface area (Å²) in [4.78, 5) is 40.0. The summed E-state index contributed by atoms with van der Waals surface area (Å²) < 4.78 is 93.1.